The number of likely N-dealkylation sites (N-methyl/N-ethyl adjacent to an activating group) is 1. The van der Waals surface area contributed by atoms with Crippen LogP contribution in [0.4, 0.5) is 10.1 Å². The molecule has 0 spiro atoms. The minimum atomic E-state index is -3.86. The number of nitrogens with one attached hydrogen (secondary N) is 1. The molecule has 0 aromatic heterocycles. The molecular weight excluding hydrogens is 517 g/mol. The third-order valence-electron chi connectivity index (χ3n) is 6.45. The average Bonchev–Trinajstić information content (AvgIpc) is 2.90. The van der Waals surface area contributed by atoms with E-state index < -0.39 is 40.2 Å². The van der Waals surface area contributed by atoms with Gasteiger partial charge in [0, 0.05) is 25.1 Å². The zero-order chi connectivity index (χ0) is 28.6. The quantitative estimate of drug-likeness (QED) is 0.358. The highest BCUT2D eigenvalue weighted by atomic mass is 32.2. The Morgan fingerprint density at radius 1 is 0.923 bits per heavy atom. The summed E-state index contributed by atoms with van der Waals surface area (Å²) in [5, 5.41) is 2.78. The molecule has 0 saturated carbocycles. The number of sulfonamides is 1. The summed E-state index contributed by atoms with van der Waals surface area (Å²) in [4.78, 5) is 28.5. The van der Waals surface area contributed by atoms with Crippen LogP contribution in [0.2, 0.25) is 0 Å². The predicted molar refractivity (Wildman–Crippen MR) is 152 cm³/mol. The van der Waals surface area contributed by atoms with Crippen LogP contribution in [0.5, 0.6) is 0 Å². The van der Waals surface area contributed by atoms with Crippen LogP contribution in [0.15, 0.2) is 78.9 Å². The number of carbonyl (C=O) groups excluding carboxylic acids is 2. The van der Waals surface area contributed by atoms with E-state index in [1.807, 2.05) is 56.3 Å². The van der Waals surface area contributed by atoms with E-state index in [-0.39, 0.29) is 24.4 Å². The molecule has 1 atom stereocenters. The molecule has 3 aromatic carbocycles. The fourth-order valence-electron chi connectivity index (χ4n) is 4.30. The smallest absolute Gasteiger partial charge is 0.244 e. The molecule has 2 amide bonds. The largest absolute Gasteiger partial charge is 0.355 e. The van der Waals surface area contributed by atoms with Gasteiger partial charge >= 0.3 is 0 Å². The monoisotopic (exact) mass is 553 g/mol. The van der Waals surface area contributed by atoms with Gasteiger partial charge in [-0.05, 0) is 42.2 Å². The second-order valence-electron chi connectivity index (χ2n) is 9.73. The van der Waals surface area contributed by atoms with Gasteiger partial charge in [0.2, 0.25) is 21.8 Å². The molecule has 0 saturated heterocycles. The van der Waals surface area contributed by atoms with E-state index in [9.17, 15) is 22.4 Å². The number of amides is 2. The first-order chi connectivity index (χ1) is 18.5. The highest BCUT2D eigenvalue weighted by molar-refractivity contribution is 7.92. The van der Waals surface area contributed by atoms with Gasteiger partial charge in [-0.2, -0.15) is 0 Å². The number of halogens is 1. The van der Waals surface area contributed by atoms with Crippen molar-refractivity contribution in [2.45, 2.75) is 45.7 Å². The van der Waals surface area contributed by atoms with Gasteiger partial charge in [-0.25, -0.2) is 12.8 Å². The molecule has 0 aliphatic rings. The van der Waals surface area contributed by atoms with Gasteiger partial charge in [-0.15, -0.1) is 0 Å². The van der Waals surface area contributed by atoms with Crippen LogP contribution in [-0.2, 0) is 32.6 Å². The lowest BCUT2D eigenvalue weighted by Gasteiger charge is -2.33. The van der Waals surface area contributed by atoms with E-state index in [1.165, 1.54) is 11.0 Å². The molecule has 208 valence electrons. The molecule has 3 rings (SSSR count). The van der Waals surface area contributed by atoms with Crippen molar-refractivity contribution < 1.29 is 22.4 Å². The highest BCUT2D eigenvalue weighted by Crippen LogP contribution is 2.23. The molecule has 0 aliphatic carbocycles. The minimum Gasteiger partial charge on any atom is -0.355 e. The number of hydrogen-bond acceptors (Lipinski definition) is 4. The van der Waals surface area contributed by atoms with Crippen LogP contribution in [0.1, 0.15) is 43.4 Å². The summed E-state index contributed by atoms with van der Waals surface area (Å²) in [5.74, 6) is -1.30. The molecule has 0 radical (unpaired) electrons. The fraction of sp³-hybridized carbons (Fsp3) is 0.333. The highest BCUT2D eigenvalue weighted by Gasteiger charge is 2.33. The zero-order valence-electron chi connectivity index (χ0n) is 22.8. The summed E-state index contributed by atoms with van der Waals surface area (Å²) < 4.78 is 41.4. The van der Waals surface area contributed by atoms with Crippen LogP contribution < -0.4 is 9.62 Å². The van der Waals surface area contributed by atoms with E-state index in [0.717, 1.165) is 21.7 Å². The van der Waals surface area contributed by atoms with Crippen molar-refractivity contribution in [3.8, 4) is 0 Å². The second-order valence-corrected chi connectivity index (χ2v) is 11.6. The number of rotatable bonds is 12. The number of benzene rings is 3. The predicted octanol–water partition coefficient (Wildman–Crippen LogP) is 4.49. The van der Waals surface area contributed by atoms with Crippen molar-refractivity contribution in [2.75, 3.05) is 23.7 Å². The summed E-state index contributed by atoms with van der Waals surface area (Å²) in [6, 6.07) is 21.2. The van der Waals surface area contributed by atoms with Gasteiger partial charge in [0.15, 0.2) is 0 Å². The molecule has 0 fully saturated rings. The maximum atomic E-state index is 14.7. The number of nitrogens with zero attached hydrogens (tertiary/aromatic N) is 2. The lowest BCUT2D eigenvalue weighted by Crippen LogP contribution is -2.53. The van der Waals surface area contributed by atoms with Gasteiger partial charge in [0.25, 0.3) is 0 Å². The van der Waals surface area contributed by atoms with Crippen LogP contribution in [0.3, 0.4) is 0 Å². The lowest BCUT2D eigenvalue weighted by molar-refractivity contribution is -0.140. The van der Waals surface area contributed by atoms with Gasteiger partial charge in [-0.1, -0.05) is 74.5 Å². The number of anilines is 1. The van der Waals surface area contributed by atoms with Crippen molar-refractivity contribution in [1.29, 1.82) is 0 Å². The van der Waals surface area contributed by atoms with E-state index >= 15 is 0 Å². The van der Waals surface area contributed by atoms with E-state index in [2.05, 4.69) is 5.32 Å². The molecule has 1 N–H and O–H groups in total. The second kappa shape index (κ2) is 13.4. The molecule has 0 aliphatic heterocycles. The Bertz CT molecular complexity index is 1360. The standard InChI is InChI=1S/C30H36FN3O4S/c1-5-32-30(36)28(19-23-11-7-6-8-12-23)33(20-25-13-9-10-14-27(25)31)29(35)21-34(39(4,37)38)26-17-15-24(16-18-26)22(2)3/h6-18,22,28H,5,19-21H2,1-4H3,(H,32,36). The van der Waals surface area contributed by atoms with Crippen molar-refractivity contribution in [2.24, 2.45) is 0 Å². The fourth-order valence-corrected chi connectivity index (χ4v) is 5.14. The van der Waals surface area contributed by atoms with Crippen LogP contribution in [0.25, 0.3) is 0 Å². The Balaban J connectivity index is 2.04. The van der Waals surface area contributed by atoms with Crippen molar-refractivity contribution in [3.63, 3.8) is 0 Å². The third-order valence-corrected chi connectivity index (χ3v) is 7.59. The summed E-state index contributed by atoms with van der Waals surface area (Å²) >= 11 is 0. The molecule has 39 heavy (non-hydrogen) atoms. The SMILES string of the molecule is CCNC(=O)C(Cc1ccccc1)N(Cc1ccccc1F)C(=O)CN(c1ccc(C(C)C)cc1)S(C)(=O)=O. The Labute approximate surface area is 230 Å². The Kier molecular flexibility index (Phi) is 10.2. The van der Waals surface area contributed by atoms with Crippen molar-refractivity contribution in [3.05, 3.63) is 101 Å². The van der Waals surface area contributed by atoms with Gasteiger partial charge < -0.3 is 10.2 Å². The van der Waals surface area contributed by atoms with E-state index in [4.69, 9.17) is 0 Å². The maximum absolute atomic E-state index is 14.7. The van der Waals surface area contributed by atoms with Crippen LogP contribution in [0, 0.1) is 5.82 Å². The van der Waals surface area contributed by atoms with Crippen molar-refractivity contribution in [1.82, 2.24) is 10.2 Å². The number of carbonyl (C=O) groups is 2. The zero-order valence-corrected chi connectivity index (χ0v) is 23.6. The van der Waals surface area contributed by atoms with Gasteiger partial charge in [-0.3, -0.25) is 13.9 Å². The molecule has 0 heterocycles. The molecular formula is C30H36FN3O4S. The minimum absolute atomic E-state index is 0.175. The summed E-state index contributed by atoms with van der Waals surface area (Å²) in [6.07, 6.45) is 1.21. The molecule has 0 bridgehead atoms. The number of hydrogen-bond donors (Lipinski definition) is 1. The summed E-state index contributed by atoms with van der Waals surface area (Å²) in [5.41, 5.74) is 2.39. The first-order valence-corrected chi connectivity index (χ1v) is 14.8. The topological polar surface area (TPSA) is 86.8 Å². The molecule has 9 heteroatoms. The molecule has 1 unspecified atom stereocenters. The molecule has 7 nitrogen and oxygen atoms in total. The van der Waals surface area contributed by atoms with Gasteiger partial charge in [0.1, 0.15) is 18.4 Å². The third kappa shape index (κ3) is 8.13. The Morgan fingerprint density at radius 2 is 1.54 bits per heavy atom. The Hall–Kier alpha value is -3.72. The van der Waals surface area contributed by atoms with Crippen molar-refractivity contribution >= 4 is 27.5 Å². The summed E-state index contributed by atoms with van der Waals surface area (Å²) in [6.45, 7) is 5.42. The van der Waals surface area contributed by atoms with Crippen LogP contribution in [-0.4, -0.2) is 50.5 Å². The van der Waals surface area contributed by atoms with E-state index in [0.29, 0.717) is 12.2 Å². The Morgan fingerprint density at radius 3 is 2.10 bits per heavy atom. The maximum Gasteiger partial charge on any atom is 0.244 e. The average molecular weight is 554 g/mol. The first-order valence-electron chi connectivity index (χ1n) is 12.9. The van der Waals surface area contributed by atoms with Crippen LogP contribution >= 0.6 is 0 Å². The first kappa shape index (κ1) is 29.8. The van der Waals surface area contributed by atoms with Gasteiger partial charge in [0.05, 0.1) is 11.9 Å². The van der Waals surface area contributed by atoms with E-state index in [1.54, 1.807) is 37.3 Å². The molecule has 3 aromatic rings. The summed E-state index contributed by atoms with van der Waals surface area (Å²) in [7, 11) is -3.86. The lowest BCUT2D eigenvalue weighted by atomic mass is 10.0. The normalized spacial score (nSPS) is 12.2.